The summed E-state index contributed by atoms with van der Waals surface area (Å²) in [5.74, 6) is 6.23. The largest absolute Gasteiger partial charge is 0.0979 e. The van der Waals surface area contributed by atoms with Crippen molar-refractivity contribution in [2.45, 2.75) is 26.7 Å². The normalized spacial score (nSPS) is 9.15. The molecular weight excluding hydrogens is 180 g/mol. The van der Waals surface area contributed by atoms with Crippen LogP contribution in [0.25, 0.3) is 0 Å². The van der Waals surface area contributed by atoms with Crippen LogP contribution < -0.4 is 0 Å². The molecule has 0 aliphatic rings. The molecule has 0 aliphatic carbocycles. The maximum absolute atomic E-state index is 5.96. The van der Waals surface area contributed by atoms with E-state index in [0.717, 1.165) is 29.0 Å². The lowest BCUT2D eigenvalue weighted by Crippen LogP contribution is -1.82. The summed E-state index contributed by atoms with van der Waals surface area (Å²) >= 11 is 5.96. The summed E-state index contributed by atoms with van der Waals surface area (Å²) in [7, 11) is 0. The average molecular weight is 193 g/mol. The molecule has 0 atom stereocenters. The predicted octanol–water partition coefficient (Wildman–Crippen LogP) is 3.80. The molecule has 0 nitrogen and oxygen atoms in total. The highest BCUT2D eigenvalue weighted by Crippen LogP contribution is 2.17. The van der Waals surface area contributed by atoms with Gasteiger partial charge in [0.2, 0.25) is 0 Å². The topological polar surface area (TPSA) is 0 Å². The molecule has 0 N–H and O–H groups in total. The van der Waals surface area contributed by atoms with Crippen molar-refractivity contribution in [1.29, 1.82) is 0 Å². The van der Waals surface area contributed by atoms with Gasteiger partial charge in [0.1, 0.15) is 0 Å². The first kappa shape index (κ1) is 10.2. The van der Waals surface area contributed by atoms with Gasteiger partial charge in [0.15, 0.2) is 0 Å². The van der Waals surface area contributed by atoms with E-state index >= 15 is 0 Å². The molecule has 0 aliphatic heterocycles. The maximum Gasteiger partial charge on any atom is 0.0447 e. The van der Waals surface area contributed by atoms with Crippen LogP contribution in [0.4, 0.5) is 0 Å². The van der Waals surface area contributed by atoms with Gasteiger partial charge in [-0.25, -0.2) is 0 Å². The van der Waals surface area contributed by atoms with Crippen LogP contribution in [0.15, 0.2) is 18.2 Å². The monoisotopic (exact) mass is 192 g/mol. The van der Waals surface area contributed by atoms with Crippen LogP contribution in [-0.4, -0.2) is 0 Å². The quantitative estimate of drug-likeness (QED) is 0.594. The molecule has 0 amide bonds. The third-order valence-electron chi connectivity index (χ3n) is 1.87. The molecule has 0 heterocycles. The van der Waals surface area contributed by atoms with Crippen LogP contribution in [0, 0.1) is 18.8 Å². The number of unbranched alkanes of at least 4 members (excludes halogenated alkanes) is 1. The lowest BCUT2D eigenvalue weighted by atomic mass is 10.1. The molecule has 68 valence electrons. The minimum atomic E-state index is 0.795. The van der Waals surface area contributed by atoms with Crippen molar-refractivity contribution < 1.29 is 0 Å². The summed E-state index contributed by atoms with van der Waals surface area (Å²) in [6.45, 7) is 4.12. The fourth-order valence-electron chi connectivity index (χ4n) is 1.03. The molecule has 0 spiro atoms. The Morgan fingerprint density at radius 3 is 2.85 bits per heavy atom. The highest BCUT2D eigenvalue weighted by atomic mass is 35.5. The molecule has 0 bridgehead atoms. The van der Waals surface area contributed by atoms with Gasteiger partial charge in [0.05, 0.1) is 0 Å². The fourth-order valence-corrected chi connectivity index (χ4v) is 1.20. The second kappa shape index (κ2) is 4.94. The first-order valence-corrected chi connectivity index (χ1v) is 4.87. The Balaban J connectivity index is 2.91. The Bertz CT molecular complexity index is 342. The number of benzene rings is 1. The molecule has 0 saturated heterocycles. The van der Waals surface area contributed by atoms with Crippen molar-refractivity contribution in [2.24, 2.45) is 0 Å². The smallest absolute Gasteiger partial charge is 0.0447 e. The number of hydrogen-bond donors (Lipinski definition) is 0. The van der Waals surface area contributed by atoms with Gasteiger partial charge >= 0.3 is 0 Å². The Morgan fingerprint density at radius 2 is 2.15 bits per heavy atom. The van der Waals surface area contributed by atoms with Crippen LogP contribution in [-0.2, 0) is 0 Å². The highest BCUT2D eigenvalue weighted by Gasteiger charge is 1.97. The zero-order chi connectivity index (χ0) is 9.68. The van der Waals surface area contributed by atoms with E-state index in [-0.39, 0.29) is 0 Å². The summed E-state index contributed by atoms with van der Waals surface area (Å²) in [6.07, 6.45) is 2.05. The van der Waals surface area contributed by atoms with Crippen molar-refractivity contribution in [3.05, 3.63) is 34.3 Å². The zero-order valence-corrected chi connectivity index (χ0v) is 8.78. The van der Waals surface area contributed by atoms with E-state index in [9.17, 15) is 0 Å². The molecule has 0 aromatic heterocycles. The lowest BCUT2D eigenvalue weighted by Gasteiger charge is -1.98. The molecule has 0 radical (unpaired) electrons. The predicted molar refractivity (Wildman–Crippen MR) is 58.0 cm³/mol. The van der Waals surface area contributed by atoms with E-state index in [1.807, 2.05) is 25.1 Å². The van der Waals surface area contributed by atoms with Crippen LogP contribution in [0.1, 0.15) is 30.9 Å². The molecular formula is C12H13Cl. The molecule has 0 fully saturated rings. The Morgan fingerprint density at radius 1 is 1.38 bits per heavy atom. The van der Waals surface area contributed by atoms with E-state index < -0.39 is 0 Å². The van der Waals surface area contributed by atoms with E-state index in [1.165, 1.54) is 0 Å². The van der Waals surface area contributed by atoms with E-state index in [1.54, 1.807) is 0 Å². The Kier molecular flexibility index (Phi) is 3.86. The van der Waals surface area contributed by atoms with Gasteiger partial charge in [-0.2, -0.15) is 0 Å². The SMILES string of the molecule is CCCC#Cc1cccc(Cl)c1C. The molecule has 1 heteroatoms. The lowest BCUT2D eigenvalue weighted by molar-refractivity contribution is 0.983. The van der Waals surface area contributed by atoms with Gasteiger partial charge in [-0.15, -0.1) is 0 Å². The van der Waals surface area contributed by atoms with Crippen LogP contribution in [0.5, 0.6) is 0 Å². The van der Waals surface area contributed by atoms with Gasteiger partial charge in [0.25, 0.3) is 0 Å². The Hall–Kier alpha value is -0.930. The number of hydrogen-bond acceptors (Lipinski definition) is 0. The van der Waals surface area contributed by atoms with Crippen molar-refractivity contribution >= 4 is 11.6 Å². The average Bonchev–Trinajstić information content (AvgIpc) is 2.13. The van der Waals surface area contributed by atoms with Gasteiger partial charge in [-0.05, 0) is 31.0 Å². The second-order valence-corrected chi connectivity index (χ2v) is 3.37. The van der Waals surface area contributed by atoms with Gasteiger partial charge in [-0.1, -0.05) is 36.4 Å². The summed E-state index contributed by atoms with van der Waals surface area (Å²) in [4.78, 5) is 0. The van der Waals surface area contributed by atoms with Crippen molar-refractivity contribution in [3.8, 4) is 11.8 Å². The van der Waals surface area contributed by atoms with Crippen LogP contribution >= 0.6 is 11.6 Å². The molecule has 1 aromatic carbocycles. The fraction of sp³-hybridized carbons (Fsp3) is 0.333. The van der Waals surface area contributed by atoms with Crippen molar-refractivity contribution in [3.63, 3.8) is 0 Å². The van der Waals surface area contributed by atoms with Crippen LogP contribution in [0.2, 0.25) is 5.02 Å². The van der Waals surface area contributed by atoms with Gasteiger partial charge < -0.3 is 0 Å². The van der Waals surface area contributed by atoms with E-state index in [4.69, 9.17) is 11.6 Å². The van der Waals surface area contributed by atoms with Crippen molar-refractivity contribution in [1.82, 2.24) is 0 Å². The van der Waals surface area contributed by atoms with Crippen LogP contribution in [0.3, 0.4) is 0 Å². The highest BCUT2D eigenvalue weighted by molar-refractivity contribution is 6.31. The van der Waals surface area contributed by atoms with Crippen molar-refractivity contribution in [2.75, 3.05) is 0 Å². The number of halogens is 1. The number of rotatable bonds is 1. The minimum Gasteiger partial charge on any atom is -0.0979 e. The molecule has 1 aromatic rings. The standard InChI is InChI=1S/C12H13Cl/c1-3-4-5-7-11-8-6-9-12(13)10(11)2/h6,8-9H,3-4H2,1-2H3. The first-order chi connectivity index (χ1) is 6.25. The Labute approximate surface area is 84.9 Å². The summed E-state index contributed by atoms with van der Waals surface area (Å²) in [5, 5.41) is 0.795. The summed E-state index contributed by atoms with van der Waals surface area (Å²) < 4.78 is 0. The molecule has 1 rings (SSSR count). The van der Waals surface area contributed by atoms with E-state index in [0.29, 0.717) is 0 Å². The molecule has 13 heavy (non-hydrogen) atoms. The third kappa shape index (κ3) is 2.79. The molecule has 0 saturated carbocycles. The first-order valence-electron chi connectivity index (χ1n) is 4.49. The summed E-state index contributed by atoms with van der Waals surface area (Å²) in [5.41, 5.74) is 2.12. The maximum atomic E-state index is 5.96. The zero-order valence-electron chi connectivity index (χ0n) is 8.02. The van der Waals surface area contributed by atoms with E-state index in [2.05, 4.69) is 18.8 Å². The van der Waals surface area contributed by atoms with Gasteiger partial charge in [-0.3, -0.25) is 0 Å². The molecule has 0 unspecified atom stereocenters. The van der Waals surface area contributed by atoms with Gasteiger partial charge in [0, 0.05) is 17.0 Å². The second-order valence-electron chi connectivity index (χ2n) is 2.96. The summed E-state index contributed by atoms with van der Waals surface area (Å²) in [6, 6.07) is 5.83. The minimum absolute atomic E-state index is 0.795. The third-order valence-corrected chi connectivity index (χ3v) is 2.28.